The number of carboxylic acids is 1. The van der Waals surface area contributed by atoms with Crippen LogP contribution < -0.4 is 5.32 Å². The van der Waals surface area contributed by atoms with Crippen LogP contribution in [0.4, 0.5) is 10.6 Å². The van der Waals surface area contributed by atoms with Crippen LogP contribution in [0.5, 0.6) is 0 Å². The van der Waals surface area contributed by atoms with Crippen LogP contribution >= 0.6 is 0 Å². The fourth-order valence-corrected chi connectivity index (χ4v) is 4.65. The van der Waals surface area contributed by atoms with Gasteiger partial charge in [-0.05, 0) is 35.1 Å². The number of carboxylic acid groups (broad SMARTS) is 1. The zero-order valence-electron chi connectivity index (χ0n) is 18.8. The molecule has 34 heavy (non-hydrogen) atoms. The summed E-state index contributed by atoms with van der Waals surface area (Å²) in [5.74, 6) is -1.64. The molecular formula is C25H24N4O5. The number of hydrogen-bond acceptors (Lipinski definition) is 5. The molecule has 1 fully saturated rings. The van der Waals surface area contributed by atoms with E-state index in [1.54, 1.807) is 7.05 Å². The first-order chi connectivity index (χ1) is 16.3. The van der Waals surface area contributed by atoms with E-state index in [0.29, 0.717) is 12.8 Å². The van der Waals surface area contributed by atoms with Crippen molar-refractivity contribution in [3.05, 3.63) is 71.4 Å². The topological polar surface area (TPSA) is 114 Å². The van der Waals surface area contributed by atoms with Gasteiger partial charge in [0.2, 0.25) is 0 Å². The standard InChI is InChI=1S/C25H24N4O5/c1-28-13-19(22(30)29(2)25(11-12-25)23(31)32)21(27-28)26-24(33)34-14-20-17-9-5-3-7-15(17)16-8-4-6-10-18(16)20/h3-10,13,20H,11-12,14H2,1-2H3,(H,31,32)(H,26,27,33). The smallest absolute Gasteiger partial charge is 0.412 e. The molecule has 9 heteroatoms. The van der Waals surface area contributed by atoms with Crippen molar-refractivity contribution in [2.24, 2.45) is 7.05 Å². The largest absolute Gasteiger partial charge is 0.479 e. The van der Waals surface area contributed by atoms with E-state index in [2.05, 4.69) is 22.5 Å². The highest BCUT2D eigenvalue weighted by Gasteiger charge is 2.56. The Kier molecular flexibility index (Phi) is 5.11. The molecule has 1 heterocycles. The number of aryl methyl sites for hydroxylation is 1. The number of amides is 2. The van der Waals surface area contributed by atoms with Crippen LogP contribution in [-0.2, 0) is 16.6 Å². The summed E-state index contributed by atoms with van der Waals surface area (Å²) in [4.78, 5) is 38.5. The Morgan fingerprint density at radius 2 is 1.71 bits per heavy atom. The molecule has 1 aromatic heterocycles. The second kappa shape index (κ2) is 8.02. The van der Waals surface area contributed by atoms with Crippen LogP contribution in [0.1, 0.15) is 40.2 Å². The minimum atomic E-state index is -1.20. The number of hydrogen-bond donors (Lipinski definition) is 2. The van der Waals surface area contributed by atoms with Gasteiger partial charge in [0.15, 0.2) is 5.82 Å². The van der Waals surface area contributed by atoms with Gasteiger partial charge in [0.25, 0.3) is 5.91 Å². The van der Waals surface area contributed by atoms with Crippen molar-refractivity contribution in [3.8, 4) is 11.1 Å². The lowest BCUT2D eigenvalue weighted by atomic mass is 9.98. The molecule has 2 aliphatic rings. The number of carbonyl (C=O) groups excluding carboxylic acids is 2. The molecule has 9 nitrogen and oxygen atoms in total. The average molecular weight is 460 g/mol. The molecule has 0 saturated heterocycles. The number of nitrogens with one attached hydrogen (secondary N) is 1. The highest BCUT2D eigenvalue weighted by Crippen LogP contribution is 2.44. The highest BCUT2D eigenvalue weighted by atomic mass is 16.5. The van der Waals surface area contributed by atoms with Crippen LogP contribution in [0.3, 0.4) is 0 Å². The monoisotopic (exact) mass is 460 g/mol. The lowest BCUT2D eigenvalue weighted by Gasteiger charge is -2.24. The first-order valence-corrected chi connectivity index (χ1v) is 11.0. The lowest BCUT2D eigenvalue weighted by Crippen LogP contribution is -2.44. The minimum absolute atomic E-state index is 0.0257. The fourth-order valence-electron chi connectivity index (χ4n) is 4.65. The predicted molar refractivity (Wildman–Crippen MR) is 124 cm³/mol. The maximum atomic E-state index is 13.0. The van der Waals surface area contributed by atoms with Crippen LogP contribution in [0.2, 0.25) is 0 Å². The van der Waals surface area contributed by atoms with Gasteiger partial charge < -0.3 is 14.7 Å². The Balaban J connectivity index is 1.30. The molecule has 174 valence electrons. The summed E-state index contributed by atoms with van der Waals surface area (Å²) < 4.78 is 6.94. The van der Waals surface area contributed by atoms with E-state index in [0.717, 1.165) is 22.3 Å². The Morgan fingerprint density at radius 3 is 2.26 bits per heavy atom. The molecule has 2 aliphatic carbocycles. The maximum absolute atomic E-state index is 13.0. The van der Waals surface area contributed by atoms with Crippen molar-refractivity contribution in [2.75, 3.05) is 19.0 Å². The summed E-state index contributed by atoms with van der Waals surface area (Å²) in [6.07, 6.45) is 1.49. The summed E-state index contributed by atoms with van der Waals surface area (Å²) in [5, 5.41) is 16.2. The summed E-state index contributed by atoms with van der Waals surface area (Å²) in [7, 11) is 3.07. The van der Waals surface area contributed by atoms with Crippen molar-refractivity contribution in [2.45, 2.75) is 24.3 Å². The maximum Gasteiger partial charge on any atom is 0.412 e. The van der Waals surface area contributed by atoms with Crippen LogP contribution in [0, 0.1) is 0 Å². The van der Waals surface area contributed by atoms with E-state index in [1.165, 1.54) is 22.8 Å². The Morgan fingerprint density at radius 1 is 1.12 bits per heavy atom. The van der Waals surface area contributed by atoms with Gasteiger partial charge in [0, 0.05) is 26.2 Å². The molecule has 0 aliphatic heterocycles. The van der Waals surface area contributed by atoms with Crippen molar-refractivity contribution >= 4 is 23.8 Å². The molecule has 5 rings (SSSR count). The first-order valence-electron chi connectivity index (χ1n) is 11.0. The summed E-state index contributed by atoms with van der Waals surface area (Å²) in [6.45, 7) is 0.123. The third-order valence-corrected chi connectivity index (χ3v) is 6.69. The number of fused-ring (bicyclic) bond motifs is 3. The lowest BCUT2D eigenvalue weighted by molar-refractivity contribution is -0.143. The van der Waals surface area contributed by atoms with E-state index in [4.69, 9.17) is 4.74 Å². The van der Waals surface area contributed by atoms with Gasteiger partial charge >= 0.3 is 12.1 Å². The number of ether oxygens (including phenoxy) is 1. The molecule has 2 aromatic carbocycles. The van der Waals surface area contributed by atoms with Crippen molar-refractivity contribution in [3.63, 3.8) is 0 Å². The minimum Gasteiger partial charge on any atom is -0.479 e. The molecule has 0 radical (unpaired) electrons. The number of aliphatic carboxylic acids is 1. The van der Waals surface area contributed by atoms with E-state index in [9.17, 15) is 19.5 Å². The van der Waals surface area contributed by atoms with Crippen LogP contribution in [0.15, 0.2) is 54.7 Å². The normalized spacial score (nSPS) is 15.2. The second-order valence-corrected chi connectivity index (χ2v) is 8.72. The summed E-state index contributed by atoms with van der Waals surface area (Å²) in [5.41, 5.74) is 3.34. The fraction of sp³-hybridized carbons (Fsp3) is 0.280. The molecule has 3 aromatic rings. The molecule has 0 atom stereocenters. The zero-order valence-corrected chi connectivity index (χ0v) is 18.8. The highest BCUT2D eigenvalue weighted by molar-refractivity contribution is 6.04. The van der Waals surface area contributed by atoms with Gasteiger partial charge in [-0.1, -0.05) is 48.5 Å². The molecule has 1 saturated carbocycles. The van der Waals surface area contributed by atoms with Gasteiger partial charge in [-0.2, -0.15) is 5.10 Å². The van der Waals surface area contributed by atoms with E-state index < -0.39 is 23.5 Å². The van der Waals surface area contributed by atoms with Crippen molar-refractivity contribution < 1.29 is 24.2 Å². The molecule has 0 unspecified atom stereocenters. The van der Waals surface area contributed by atoms with E-state index >= 15 is 0 Å². The zero-order chi connectivity index (χ0) is 24.0. The number of nitrogens with zero attached hydrogens (tertiary/aromatic N) is 3. The molecular weight excluding hydrogens is 436 g/mol. The van der Waals surface area contributed by atoms with Crippen LogP contribution in [-0.4, -0.2) is 57.0 Å². The number of benzene rings is 2. The van der Waals surface area contributed by atoms with Crippen molar-refractivity contribution in [1.82, 2.24) is 14.7 Å². The third-order valence-electron chi connectivity index (χ3n) is 6.69. The molecule has 2 N–H and O–H groups in total. The molecule has 2 amide bonds. The Hall–Kier alpha value is -4.14. The number of anilines is 1. The van der Waals surface area contributed by atoms with Gasteiger partial charge in [-0.3, -0.25) is 14.8 Å². The summed E-state index contributed by atoms with van der Waals surface area (Å²) >= 11 is 0. The number of aromatic nitrogens is 2. The first kappa shape index (κ1) is 21.7. The third kappa shape index (κ3) is 3.49. The van der Waals surface area contributed by atoms with Gasteiger partial charge in [-0.25, -0.2) is 9.59 Å². The average Bonchev–Trinajstić information content (AvgIpc) is 3.48. The Labute approximate surface area is 195 Å². The van der Waals surface area contributed by atoms with Gasteiger partial charge in [0.1, 0.15) is 17.7 Å². The Bertz CT molecular complexity index is 1260. The number of carbonyl (C=O) groups is 3. The van der Waals surface area contributed by atoms with Gasteiger partial charge in [0.05, 0.1) is 0 Å². The predicted octanol–water partition coefficient (Wildman–Crippen LogP) is 3.47. The molecule has 0 spiro atoms. The number of rotatable bonds is 6. The van der Waals surface area contributed by atoms with E-state index in [1.807, 2.05) is 36.4 Å². The SMILES string of the molecule is CN(C(=O)c1cn(C)nc1NC(=O)OCC1c2ccccc2-c2ccccc21)C1(C(=O)O)CC1. The van der Waals surface area contributed by atoms with Crippen molar-refractivity contribution in [1.29, 1.82) is 0 Å². The second-order valence-electron chi connectivity index (χ2n) is 8.72. The van der Waals surface area contributed by atoms with Crippen LogP contribution in [0.25, 0.3) is 11.1 Å². The quantitative estimate of drug-likeness (QED) is 0.582. The number of likely N-dealkylation sites (N-methyl/N-ethyl adjacent to an activating group) is 1. The van der Waals surface area contributed by atoms with E-state index in [-0.39, 0.29) is 23.9 Å². The molecule has 0 bridgehead atoms. The van der Waals surface area contributed by atoms with Gasteiger partial charge in [-0.15, -0.1) is 0 Å². The summed E-state index contributed by atoms with van der Waals surface area (Å²) in [6, 6.07) is 16.1.